The van der Waals surface area contributed by atoms with Gasteiger partial charge in [-0.05, 0) is 17.7 Å². The number of rotatable bonds is 4. The molecule has 0 fully saturated rings. The van der Waals surface area contributed by atoms with Gasteiger partial charge in [-0.2, -0.15) is 0 Å². The first-order valence-corrected chi connectivity index (χ1v) is 5.35. The number of carboxylic acid groups (broad SMARTS) is 1. The van der Waals surface area contributed by atoms with E-state index in [4.69, 9.17) is 5.11 Å². The molecule has 0 aromatic heterocycles. The molecule has 1 aromatic rings. The van der Waals surface area contributed by atoms with Gasteiger partial charge in [0.1, 0.15) is 0 Å². The number of carbonyl (C=O) groups excluding carboxylic acids is 1. The second-order valence-corrected chi connectivity index (χ2v) is 3.98. The van der Waals surface area contributed by atoms with Crippen LogP contribution in [0.15, 0.2) is 28.7 Å². The van der Waals surface area contributed by atoms with Gasteiger partial charge in [0.25, 0.3) is 0 Å². The molecule has 0 saturated heterocycles. The smallest absolute Gasteiger partial charge is 0.405 e. The highest BCUT2D eigenvalue weighted by molar-refractivity contribution is 9.10. The van der Waals surface area contributed by atoms with Gasteiger partial charge in [0.2, 0.25) is 5.91 Å². The predicted octanol–water partition coefficient (Wildman–Crippen LogP) is 1.33. The van der Waals surface area contributed by atoms with Crippen LogP contribution in [0.5, 0.6) is 0 Å². The minimum Gasteiger partial charge on any atom is -0.465 e. The Kier molecular flexibility index (Phi) is 4.78. The zero-order valence-corrected chi connectivity index (χ0v) is 9.95. The zero-order valence-electron chi connectivity index (χ0n) is 8.37. The van der Waals surface area contributed by atoms with E-state index < -0.39 is 6.09 Å². The number of nitrogens with one attached hydrogen (secondary N) is 2. The first kappa shape index (κ1) is 12.5. The summed E-state index contributed by atoms with van der Waals surface area (Å²) in [6, 6.07) is 7.48. The van der Waals surface area contributed by atoms with Crippen molar-refractivity contribution in [2.24, 2.45) is 0 Å². The minimum atomic E-state index is -1.21. The van der Waals surface area contributed by atoms with Crippen LogP contribution in [0.3, 0.4) is 0 Å². The molecule has 0 spiro atoms. The highest BCUT2D eigenvalue weighted by Crippen LogP contribution is 2.09. The third kappa shape index (κ3) is 4.79. The van der Waals surface area contributed by atoms with Crippen molar-refractivity contribution in [3.05, 3.63) is 34.3 Å². The van der Waals surface area contributed by atoms with E-state index in [9.17, 15) is 9.59 Å². The molecule has 0 aliphatic rings. The third-order valence-electron chi connectivity index (χ3n) is 1.80. The SMILES string of the molecule is O=C(O)NCC(=O)NCc1ccc(Br)cc1. The van der Waals surface area contributed by atoms with Crippen LogP contribution in [0.25, 0.3) is 0 Å². The molecule has 3 N–H and O–H groups in total. The summed E-state index contributed by atoms with van der Waals surface area (Å²) in [5, 5.41) is 12.9. The molecule has 1 rings (SSSR count). The molecule has 0 unspecified atom stereocenters. The van der Waals surface area contributed by atoms with Crippen LogP contribution in [0.1, 0.15) is 5.56 Å². The van der Waals surface area contributed by atoms with Crippen molar-refractivity contribution < 1.29 is 14.7 Å². The molecule has 0 aliphatic carbocycles. The Morgan fingerprint density at radius 1 is 1.19 bits per heavy atom. The largest absolute Gasteiger partial charge is 0.465 e. The number of amides is 2. The van der Waals surface area contributed by atoms with Gasteiger partial charge >= 0.3 is 6.09 Å². The number of carbonyl (C=O) groups is 2. The Morgan fingerprint density at radius 3 is 2.38 bits per heavy atom. The molecule has 16 heavy (non-hydrogen) atoms. The van der Waals surface area contributed by atoms with Crippen LogP contribution in [0, 0.1) is 0 Å². The maximum absolute atomic E-state index is 11.1. The highest BCUT2D eigenvalue weighted by Gasteiger charge is 2.02. The molecule has 6 heteroatoms. The van der Waals surface area contributed by atoms with Crippen LogP contribution in [-0.2, 0) is 11.3 Å². The summed E-state index contributed by atoms with van der Waals surface area (Å²) >= 11 is 3.30. The normalized spacial score (nSPS) is 9.56. The summed E-state index contributed by atoms with van der Waals surface area (Å²) in [5.74, 6) is -0.356. The van der Waals surface area contributed by atoms with Gasteiger partial charge < -0.3 is 15.7 Å². The van der Waals surface area contributed by atoms with E-state index in [-0.39, 0.29) is 12.5 Å². The molecule has 5 nitrogen and oxygen atoms in total. The van der Waals surface area contributed by atoms with Gasteiger partial charge in [-0.1, -0.05) is 28.1 Å². The van der Waals surface area contributed by atoms with Crippen molar-refractivity contribution in [1.82, 2.24) is 10.6 Å². The first-order valence-electron chi connectivity index (χ1n) is 4.56. The van der Waals surface area contributed by atoms with E-state index in [1.807, 2.05) is 29.6 Å². The summed E-state index contributed by atoms with van der Waals surface area (Å²) < 4.78 is 0.968. The molecular formula is C10H11BrN2O3. The average molecular weight is 287 g/mol. The monoisotopic (exact) mass is 286 g/mol. The molecule has 1 aromatic carbocycles. The Balaban J connectivity index is 2.31. The number of benzene rings is 1. The van der Waals surface area contributed by atoms with Crippen molar-refractivity contribution in [2.45, 2.75) is 6.54 Å². The Morgan fingerprint density at radius 2 is 1.81 bits per heavy atom. The number of hydrogen-bond donors (Lipinski definition) is 3. The van der Waals surface area contributed by atoms with E-state index >= 15 is 0 Å². The van der Waals surface area contributed by atoms with Gasteiger partial charge in [-0.15, -0.1) is 0 Å². The standard InChI is InChI=1S/C10H11BrN2O3/c11-8-3-1-7(2-4-8)5-12-9(14)6-13-10(15)16/h1-4,13H,5-6H2,(H,12,14)(H,15,16). The summed E-state index contributed by atoms with van der Waals surface area (Å²) in [5.41, 5.74) is 0.951. The lowest BCUT2D eigenvalue weighted by atomic mass is 10.2. The summed E-state index contributed by atoms with van der Waals surface area (Å²) in [7, 11) is 0. The molecule has 0 radical (unpaired) electrons. The summed E-state index contributed by atoms with van der Waals surface area (Å²) in [4.78, 5) is 21.3. The lowest BCUT2D eigenvalue weighted by molar-refractivity contribution is -0.120. The lowest BCUT2D eigenvalue weighted by Crippen LogP contribution is -2.35. The molecule has 0 atom stereocenters. The minimum absolute atomic E-state index is 0.230. The second kappa shape index (κ2) is 6.12. The fourth-order valence-electron chi connectivity index (χ4n) is 1.02. The molecule has 0 saturated carbocycles. The Bertz CT molecular complexity index is 378. The van der Waals surface area contributed by atoms with Crippen molar-refractivity contribution in [3.63, 3.8) is 0 Å². The first-order chi connectivity index (χ1) is 7.58. The van der Waals surface area contributed by atoms with E-state index in [1.165, 1.54) is 0 Å². The van der Waals surface area contributed by atoms with Crippen LogP contribution in [-0.4, -0.2) is 23.7 Å². The zero-order chi connectivity index (χ0) is 12.0. The Hall–Kier alpha value is -1.56. The third-order valence-corrected chi connectivity index (χ3v) is 2.33. The molecule has 0 heterocycles. The van der Waals surface area contributed by atoms with Crippen LogP contribution < -0.4 is 10.6 Å². The van der Waals surface area contributed by atoms with Crippen LogP contribution in [0.4, 0.5) is 4.79 Å². The number of halogens is 1. The van der Waals surface area contributed by atoms with Crippen molar-refractivity contribution >= 4 is 27.9 Å². The van der Waals surface area contributed by atoms with Gasteiger partial charge in [-0.3, -0.25) is 4.79 Å². The lowest BCUT2D eigenvalue weighted by Gasteiger charge is -2.05. The van der Waals surface area contributed by atoms with Gasteiger partial charge in [-0.25, -0.2) is 4.79 Å². The maximum Gasteiger partial charge on any atom is 0.405 e. The van der Waals surface area contributed by atoms with Gasteiger partial charge in [0.15, 0.2) is 0 Å². The fourth-order valence-corrected chi connectivity index (χ4v) is 1.29. The molecular weight excluding hydrogens is 276 g/mol. The van der Waals surface area contributed by atoms with Crippen LogP contribution in [0.2, 0.25) is 0 Å². The highest BCUT2D eigenvalue weighted by atomic mass is 79.9. The molecule has 2 amide bonds. The van der Waals surface area contributed by atoms with E-state index in [0.717, 1.165) is 10.0 Å². The predicted molar refractivity (Wildman–Crippen MR) is 62.0 cm³/mol. The average Bonchev–Trinajstić information content (AvgIpc) is 2.25. The second-order valence-electron chi connectivity index (χ2n) is 3.06. The maximum atomic E-state index is 11.1. The molecule has 86 valence electrons. The molecule has 0 aliphatic heterocycles. The topological polar surface area (TPSA) is 78.4 Å². The Labute approximate surface area is 101 Å². The van der Waals surface area contributed by atoms with Crippen molar-refractivity contribution in [1.29, 1.82) is 0 Å². The quantitative estimate of drug-likeness (QED) is 0.781. The summed E-state index contributed by atoms with van der Waals surface area (Å²) in [6.07, 6.45) is -1.21. The number of hydrogen-bond acceptors (Lipinski definition) is 2. The fraction of sp³-hybridized carbons (Fsp3) is 0.200. The van der Waals surface area contributed by atoms with Crippen molar-refractivity contribution in [2.75, 3.05) is 6.54 Å². The van der Waals surface area contributed by atoms with Gasteiger partial charge in [0.05, 0.1) is 6.54 Å². The van der Waals surface area contributed by atoms with E-state index in [1.54, 1.807) is 0 Å². The van der Waals surface area contributed by atoms with Crippen LogP contribution >= 0.6 is 15.9 Å². The van der Waals surface area contributed by atoms with Crippen molar-refractivity contribution in [3.8, 4) is 0 Å². The van der Waals surface area contributed by atoms with E-state index in [2.05, 4.69) is 21.2 Å². The van der Waals surface area contributed by atoms with Gasteiger partial charge in [0, 0.05) is 11.0 Å². The summed E-state index contributed by atoms with van der Waals surface area (Å²) in [6.45, 7) is 0.152. The molecule has 0 bridgehead atoms. The van der Waals surface area contributed by atoms with E-state index in [0.29, 0.717) is 6.54 Å².